The molecule has 0 saturated heterocycles. The number of rotatable bonds is 19. The average Bonchev–Trinajstić information content (AvgIpc) is 2.67. The zero-order valence-electron chi connectivity index (χ0n) is 19.8. The third kappa shape index (κ3) is 18.4. The van der Waals surface area contributed by atoms with Crippen LogP contribution >= 0.6 is 0 Å². The maximum absolute atomic E-state index is 11.5. The summed E-state index contributed by atoms with van der Waals surface area (Å²) in [5.74, 6) is -1.06. The number of esters is 2. The molecule has 30 heavy (non-hydrogen) atoms. The van der Waals surface area contributed by atoms with Gasteiger partial charge in [0.05, 0.1) is 6.04 Å². The summed E-state index contributed by atoms with van der Waals surface area (Å²) < 4.78 is 10.4. The Morgan fingerprint density at radius 1 is 0.700 bits per heavy atom. The zero-order valence-corrected chi connectivity index (χ0v) is 19.8. The van der Waals surface area contributed by atoms with Crippen molar-refractivity contribution in [2.45, 2.75) is 130 Å². The van der Waals surface area contributed by atoms with Gasteiger partial charge < -0.3 is 14.8 Å². The lowest BCUT2D eigenvalue weighted by atomic mass is 10.0. The molecular formula is C24H45NO5. The van der Waals surface area contributed by atoms with Crippen molar-refractivity contribution >= 4 is 17.8 Å². The smallest absolute Gasteiger partial charge is 0.302 e. The molecule has 0 saturated carbocycles. The highest BCUT2D eigenvalue weighted by atomic mass is 16.6. The molecule has 2 atom stereocenters. The standard InChI is InChI=1S/C24H45NO5/c1-5-6-7-8-9-10-11-12-13-14-15-16-17-18-24(30-22(4)28)23(25-20(2)26)19-29-21(3)27/h23-24H,5-19H2,1-4H3,(H,25,26)/t23-,24-/m0/s1. The molecule has 0 aliphatic rings. The van der Waals surface area contributed by atoms with E-state index in [0.717, 1.165) is 19.3 Å². The lowest BCUT2D eigenvalue weighted by Gasteiger charge is -2.27. The van der Waals surface area contributed by atoms with Crippen LogP contribution in [0.25, 0.3) is 0 Å². The molecule has 0 unspecified atom stereocenters. The van der Waals surface area contributed by atoms with Gasteiger partial charge in [0.25, 0.3) is 0 Å². The van der Waals surface area contributed by atoms with Crippen LogP contribution in [0, 0.1) is 0 Å². The Kier molecular flexibility index (Phi) is 18.4. The van der Waals surface area contributed by atoms with Crippen LogP contribution in [0.2, 0.25) is 0 Å². The van der Waals surface area contributed by atoms with Gasteiger partial charge in [-0.25, -0.2) is 0 Å². The van der Waals surface area contributed by atoms with Crippen LogP contribution in [-0.4, -0.2) is 36.6 Å². The summed E-state index contributed by atoms with van der Waals surface area (Å²) in [4.78, 5) is 34.1. The molecule has 0 fully saturated rings. The van der Waals surface area contributed by atoms with E-state index in [-0.39, 0.29) is 12.5 Å². The van der Waals surface area contributed by atoms with Gasteiger partial charge in [0.2, 0.25) is 5.91 Å². The number of unbranched alkanes of at least 4 members (excludes halogenated alkanes) is 12. The molecule has 0 heterocycles. The van der Waals surface area contributed by atoms with Crippen molar-refractivity contribution < 1.29 is 23.9 Å². The predicted octanol–water partition coefficient (Wildman–Crippen LogP) is 5.47. The lowest BCUT2D eigenvalue weighted by Crippen LogP contribution is -2.47. The van der Waals surface area contributed by atoms with Gasteiger partial charge in [0, 0.05) is 20.8 Å². The highest BCUT2D eigenvalue weighted by molar-refractivity contribution is 5.73. The molecule has 0 aliphatic carbocycles. The number of carbonyl (C=O) groups excluding carboxylic acids is 3. The molecule has 0 aromatic heterocycles. The van der Waals surface area contributed by atoms with Gasteiger partial charge in [-0.3, -0.25) is 14.4 Å². The van der Waals surface area contributed by atoms with Gasteiger partial charge in [-0.1, -0.05) is 84.0 Å². The molecule has 0 spiro atoms. The monoisotopic (exact) mass is 427 g/mol. The van der Waals surface area contributed by atoms with Crippen molar-refractivity contribution in [3.8, 4) is 0 Å². The van der Waals surface area contributed by atoms with E-state index in [9.17, 15) is 14.4 Å². The van der Waals surface area contributed by atoms with Crippen molar-refractivity contribution in [3.63, 3.8) is 0 Å². The largest absolute Gasteiger partial charge is 0.464 e. The molecule has 1 N–H and O–H groups in total. The van der Waals surface area contributed by atoms with E-state index in [2.05, 4.69) is 12.2 Å². The minimum Gasteiger partial charge on any atom is -0.464 e. The molecule has 176 valence electrons. The Bertz CT molecular complexity index is 467. The quantitative estimate of drug-likeness (QED) is 0.218. The van der Waals surface area contributed by atoms with Crippen molar-refractivity contribution in [2.75, 3.05) is 6.61 Å². The fourth-order valence-corrected chi connectivity index (χ4v) is 3.63. The molecule has 0 aromatic rings. The van der Waals surface area contributed by atoms with Gasteiger partial charge >= 0.3 is 11.9 Å². The van der Waals surface area contributed by atoms with E-state index in [4.69, 9.17) is 9.47 Å². The molecule has 0 bridgehead atoms. The fraction of sp³-hybridized carbons (Fsp3) is 0.875. The first kappa shape index (κ1) is 28.4. The normalized spacial score (nSPS) is 12.8. The third-order valence-electron chi connectivity index (χ3n) is 5.21. The maximum Gasteiger partial charge on any atom is 0.302 e. The first-order valence-electron chi connectivity index (χ1n) is 11.9. The SMILES string of the molecule is CCCCCCCCCCCCCCC[C@H](OC(C)=O)[C@H](COC(C)=O)NC(C)=O. The van der Waals surface area contributed by atoms with Gasteiger partial charge in [-0.05, 0) is 12.8 Å². The molecule has 1 amide bonds. The highest BCUT2D eigenvalue weighted by Gasteiger charge is 2.26. The summed E-state index contributed by atoms with van der Waals surface area (Å²) >= 11 is 0. The summed E-state index contributed by atoms with van der Waals surface area (Å²) in [6.07, 6.45) is 16.6. The topological polar surface area (TPSA) is 81.7 Å². The van der Waals surface area contributed by atoms with Crippen LogP contribution in [0.4, 0.5) is 0 Å². The minimum atomic E-state index is -0.521. The molecular weight excluding hydrogens is 382 g/mol. The van der Waals surface area contributed by atoms with E-state index in [1.807, 2.05) is 0 Å². The maximum atomic E-state index is 11.5. The summed E-state index contributed by atoms with van der Waals surface area (Å²) in [5, 5.41) is 2.74. The first-order chi connectivity index (χ1) is 14.4. The summed E-state index contributed by atoms with van der Waals surface area (Å²) in [7, 11) is 0. The minimum absolute atomic E-state index is 0.00526. The van der Waals surface area contributed by atoms with E-state index < -0.39 is 24.1 Å². The molecule has 6 heteroatoms. The Balaban J connectivity index is 4.03. The van der Waals surface area contributed by atoms with Crippen LogP contribution in [0.1, 0.15) is 118 Å². The Labute approximate surface area is 183 Å². The van der Waals surface area contributed by atoms with Crippen LogP contribution in [0.5, 0.6) is 0 Å². The zero-order chi connectivity index (χ0) is 22.6. The van der Waals surface area contributed by atoms with E-state index in [1.54, 1.807) is 0 Å². The lowest BCUT2D eigenvalue weighted by molar-refractivity contribution is -0.152. The predicted molar refractivity (Wildman–Crippen MR) is 120 cm³/mol. The van der Waals surface area contributed by atoms with E-state index in [0.29, 0.717) is 6.42 Å². The van der Waals surface area contributed by atoms with E-state index in [1.165, 1.54) is 85.0 Å². The van der Waals surface area contributed by atoms with Gasteiger partial charge in [-0.2, -0.15) is 0 Å². The van der Waals surface area contributed by atoms with Crippen LogP contribution in [-0.2, 0) is 23.9 Å². The second-order valence-electron chi connectivity index (χ2n) is 8.29. The number of nitrogens with one attached hydrogen (secondary N) is 1. The number of ether oxygens (including phenoxy) is 2. The van der Waals surface area contributed by atoms with Crippen molar-refractivity contribution in [1.29, 1.82) is 0 Å². The number of amides is 1. The van der Waals surface area contributed by atoms with Gasteiger partial charge in [-0.15, -0.1) is 0 Å². The highest BCUT2D eigenvalue weighted by Crippen LogP contribution is 2.16. The summed E-state index contributed by atoms with van der Waals surface area (Å²) in [6.45, 7) is 6.33. The second-order valence-corrected chi connectivity index (χ2v) is 8.29. The number of hydrogen-bond acceptors (Lipinski definition) is 5. The summed E-state index contributed by atoms with van der Waals surface area (Å²) in [5.41, 5.74) is 0. The fourth-order valence-electron chi connectivity index (χ4n) is 3.63. The van der Waals surface area contributed by atoms with Crippen LogP contribution in [0.3, 0.4) is 0 Å². The number of carbonyl (C=O) groups is 3. The summed E-state index contributed by atoms with van der Waals surface area (Å²) in [6, 6.07) is -0.521. The molecule has 0 aromatic carbocycles. The third-order valence-corrected chi connectivity index (χ3v) is 5.21. The van der Waals surface area contributed by atoms with Crippen molar-refractivity contribution in [3.05, 3.63) is 0 Å². The van der Waals surface area contributed by atoms with Crippen molar-refractivity contribution in [1.82, 2.24) is 5.32 Å². The Hall–Kier alpha value is -1.59. The Morgan fingerprint density at radius 3 is 1.57 bits per heavy atom. The molecule has 0 rings (SSSR count). The van der Waals surface area contributed by atoms with Gasteiger partial charge in [0.15, 0.2) is 0 Å². The average molecular weight is 428 g/mol. The van der Waals surface area contributed by atoms with Crippen LogP contribution < -0.4 is 5.32 Å². The number of hydrogen-bond donors (Lipinski definition) is 1. The van der Waals surface area contributed by atoms with Crippen molar-refractivity contribution in [2.24, 2.45) is 0 Å². The first-order valence-corrected chi connectivity index (χ1v) is 11.9. The Morgan fingerprint density at radius 2 is 1.17 bits per heavy atom. The molecule has 6 nitrogen and oxygen atoms in total. The molecule has 0 aliphatic heterocycles. The molecule has 0 radical (unpaired) electrons. The van der Waals surface area contributed by atoms with E-state index >= 15 is 0 Å². The second kappa shape index (κ2) is 19.4. The van der Waals surface area contributed by atoms with Crippen LogP contribution in [0.15, 0.2) is 0 Å². The van der Waals surface area contributed by atoms with Gasteiger partial charge in [0.1, 0.15) is 12.7 Å².